The van der Waals surface area contributed by atoms with Crippen LogP contribution in [-0.2, 0) is 4.79 Å². The molecule has 178 valence electrons. The summed E-state index contributed by atoms with van der Waals surface area (Å²) < 4.78 is 7.88. The molecule has 0 fully saturated rings. The Morgan fingerprint density at radius 1 is 1.09 bits per heavy atom. The molecule has 0 bridgehead atoms. The van der Waals surface area contributed by atoms with Crippen LogP contribution in [-0.4, -0.2) is 31.3 Å². The highest BCUT2D eigenvalue weighted by Gasteiger charge is 2.22. The number of hydrogen-bond acceptors (Lipinski definition) is 7. The van der Waals surface area contributed by atoms with Crippen molar-refractivity contribution in [1.82, 2.24) is 14.8 Å². The van der Waals surface area contributed by atoms with Gasteiger partial charge >= 0.3 is 0 Å². The number of halogens is 1. The van der Waals surface area contributed by atoms with Crippen LogP contribution in [0.1, 0.15) is 18.9 Å². The molecule has 0 saturated heterocycles. The molecule has 4 aromatic rings. The lowest BCUT2D eigenvalue weighted by molar-refractivity contribution is -0.384. The van der Waals surface area contributed by atoms with E-state index in [4.69, 9.17) is 16.3 Å². The first-order chi connectivity index (χ1) is 16.9. The highest BCUT2D eigenvalue weighted by Crippen LogP contribution is 2.31. The summed E-state index contributed by atoms with van der Waals surface area (Å²) >= 11 is 7.46. The predicted molar refractivity (Wildman–Crippen MR) is 134 cm³/mol. The number of non-ortho nitro benzene ring substituents is 1. The van der Waals surface area contributed by atoms with E-state index in [1.165, 1.54) is 36.0 Å². The number of nitrogens with zero attached hydrogens (tertiary/aromatic N) is 4. The highest BCUT2D eigenvalue weighted by molar-refractivity contribution is 7.99. The van der Waals surface area contributed by atoms with Crippen molar-refractivity contribution in [1.29, 1.82) is 0 Å². The van der Waals surface area contributed by atoms with Crippen molar-refractivity contribution in [2.45, 2.75) is 18.2 Å². The molecule has 0 aliphatic rings. The van der Waals surface area contributed by atoms with Crippen LogP contribution < -0.4 is 10.1 Å². The van der Waals surface area contributed by atoms with Crippen molar-refractivity contribution in [2.75, 3.05) is 11.1 Å². The summed E-state index contributed by atoms with van der Waals surface area (Å²) in [4.78, 5) is 22.8. The zero-order valence-electron chi connectivity index (χ0n) is 18.5. The van der Waals surface area contributed by atoms with E-state index in [9.17, 15) is 14.9 Å². The van der Waals surface area contributed by atoms with Gasteiger partial charge in [0.05, 0.1) is 15.7 Å². The van der Waals surface area contributed by atoms with E-state index in [2.05, 4.69) is 15.5 Å². The standard InChI is InChI=1S/C24H20ClN5O4S/c1-16(34-21-10-6-5-9-20(21)25)23-27-28-24(29(23)18-7-3-2-4-8-18)35-15-22(31)26-17-11-13-19(14-12-17)30(32)33/h2-14,16H,15H2,1H3,(H,26,31). The van der Waals surface area contributed by atoms with E-state index < -0.39 is 11.0 Å². The average Bonchev–Trinajstić information content (AvgIpc) is 3.29. The van der Waals surface area contributed by atoms with E-state index in [1.54, 1.807) is 12.1 Å². The van der Waals surface area contributed by atoms with Gasteiger partial charge in [0.1, 0.15) is 5.75 Å². The third-order valence-electron chi connectivity index (χ3n) is 4.87. The number of para-hydroxylation sites is 2. The van der Waals surface area contributed by atoms with Gasteiger partial charge in [-0.3, -0.25) is 19.5 Å². The van der Waals surface area contributed by atoms with Gasteiger partial charge < -0.3 is 10.1 Å². The Morgan fingerprint density at radius 3 is 2.46 bits per heavy atom. The van der Waals surface area contributed by atoms with Crippen molar-refractivity contribution < 1.29 is 14.5 Å². The second-order valence-corrected chi connectivity index (χ2v) is 8.69. The molecule has 1 unspecified atom stereocenters. The van der Waals surface area contributed by atoms with Gasteiger partial charge in [0.25, 0.3) is 5.69 Å². The maximum Gasteiger partial charge on any atom is 0.269 e. The smallest absolute Gasteiger partial charge is 0.269 e. The first kappa shape index (κ1) is 24.2. The molecule has 1 N–H and O–H groups in total. The molecule has 4 rings (SSSR count). The molecule has 0 saturated carbocycles. The van der Waals surface area contributed by atoms with Gasteiger partial charge in [-0.1, -0.05) is 53.7 Å². The summed E-state index contributed by atoms with van der Waals surface area (Å²) in [6, 6.07) is 22.3. The lowest BCUT2D eigenvalue weighted by Gasteiger charge is -2.17. The van der Waals surface area contributed by atoms with Gasteiger partial charge in [-0.15, -0.1) is 10.2 Å². The summed E-state index contributed by atoms with van der Waals surface area (Å²) in [7, 11) is 0. The molecule has 1 aromatic heterocycles. The van der Waals surface area contributed by atoms with Crippen LogP contribution in [0.2, 0.25) is 5.02 Å². The number of carbonyl (C=O) groups is 1. The van der Waals surface area contributed by atoms with Crippen molar-refractivity contribution in [2.24, 2.45) is 0 Å². The van der Waals surface area contributed by atoms with E-state index in [1.807, 2.05) is 54.0 Å². The van der Waals surface area contributed by atoms with Gasteiger partial charge in [-0.2, -0.15) is 0 Å². The minimum absolute atomic E-state index is 0.0472. The number of nitrogens with one attached hydrogen (secondary N) is 1. The average molecular weight is 510 g/mol. The van der Waals surface area contributed by atoms with Gasteiger partial charge in [0.2, 0.25) is 5.91 Å². The lowest BCUT2D eigenvalue weighted by atomic mass is 10.3. The zero-order valence-corrected chi connectivity index (χ0v) is 20.1. The van der Waals surface area contributed by atoms with E-state index >= 15 is 0 Å². The molecule has 0 aliphatic carbocycles. The summed E-state index contributed by atoms with van der Waals surface area (Å²) in [5.41, 5.74) is 1.24. The quantitative estimate of drug-likeness (QED) is 0.175. The third kappa shape index (κ3) is 5.97. The number of aromatic nitrogens is 3. The molecular weight excluding hydrogens is 490 g/mol. The summed E-state index contributed by atoms with van der Waals surface area (Å²) in [6.45, 7) is 1.85. The molecule has 9 nitrogen and oxygen atoms in total. The first-order valence-corrected chi connectivity index (χ1v) is 11.9. The molecule has 1 heterocycles. The number of nitro benzene ring substituents is 1. The number of thioether (sulfide) groups is 1. The predicted octanol–water partition coefficient (Wildman–Crippen LogP) is 5.70. The Bertz CT molecular complexity index is 1330. The third-order valence-corrected chi connectivity index (χ3v) is 6.11. The molecule has 3 aromatic carbocycles. The molecule has 11 heteroatoms. The highest BCUT2D eigenvalue weighted by atomic mass is 35.5. The number of amides is 1. The maximum absolute atomic E-state index is 12.5. The second kappa shape index (κ2) is 11.0. The van der Waals surface area contributed by atoms with Crippen LogP contribution in [0.4, 0.5) is 11.4 Å². The van der Waals surface area contributed by atoms with Crippen LogP contribution in [0, 0.1) is 10.1 Å². The molecule has 1 atom stereocenters. The van der Waals surface area contributed by atoms with Crippen LogP contribution in [0.15, 0.2) is 84.0 Å². The topological polar surface area (TPSA) is 112 Å². The van der Waals surface area contributed by atoms with Crippen molar-refractivity contribution in [3.05, 3.63) is 99.8 Å². The fraction of sp³-hybridized carbons (Fsp3) is 0.125. The van der Waals surface area contributed by atoms with Crippen LogP contribution in [0.25, 0.3) is 5.69 Å². The normalized spacial score (nSPS) is 11.6. The SMILES string of the molecule is CC(Oc1ccccc1Cl)c1nnc(SCC(=O)Nc2ccc([N+](=O)[O-])cc2)n1-c1ccccc1. The van der Waals surface area contributed by atoms with Gasteiger partial charge in [0.15, 0.2) is 17.1 Å². The minimum Gasteiger partial charge on any atom is -0.481 e. The fourth-order valence-electron chi connectivity index (χ4n) is 3.23. The largest absolute Gasteiger partial charge is 0.481 e. The van der Waals surface area contributed by atoms with Crippen LogP contribution in [0.3, 0.4) is 0 Å². The Balaban J connectivity index is 1.51. The van der Waals surface area contributed by atoms with E-state index in [-0.39, 0.29) is 17.3 Å². The summed E-state index contributed by atoms with van der Waals surface area (Å²) in [5.74, 6) is 0.852. The number of nitro groups is 1. The second-order valence-electron chi connectivity index (χ2n) is 7.34. The molecule has 0 spiro atoms. The zero-order chi connectivity index (χ0) is 24.8. The van der Waals surface area contributed by atoms with Crippen LogP contribution >= 0.6 is 23.4 Å². The van der Waals surface area contributed by atoms with Crippen molar-refractivity contribution >= 4 is 40.6 Å². The molecular formula is C24H20ClN5O4S. The number of benzene rings is 3. The number of hydrogen-bond donors (Lipinski definition) is 1. The first-order valence-electron chi connectivity index (χ1n) is 10.5. The Morgan fingerprint density at radius 2 is 1.77 bits per heavy atom. The van der Waals surface area contributed by atoms with E-state index in [0.29, 0.717) is 27.4 Å². The number of ether oxygens (including phenoxy) is 1. The Hall–Kier alpha value is -3.89. The molecule has 0 aliphatic heterocycles. The number of carbonyl (C=O) groups excluding carboxylic acids is 1. The fourth-order valence-corrected chi connectivity index (χ4v) is 4.17. The number of anilines is 1. The lowest BCUT2D eigenvalue weighted by Crippen LogP contribution is -2.15. The minimum atomic E-state index is -0.494. The Kier molecular flexibility index (Phi) is 7.64. The van der Waals surface area contributed by atoms with Crippen molar-refractivity contribution in [3.63, 3.8) is 0 Å². The van der Waals surface area contributed by atoms with Gasteiger partial charge in [0, 0.05) is 23.5 Å². The monoisotopic (exact) mass is 509 g/mol. The van der Waals surface area contributed by atoms with Crippen LogP contribution in [0.5, 0.6) is 5.75 Å². The van der Waals surface area contributed by atoms with E-state index in [0.717, 1.165) is 5.69 Å². The molecule has 0 radical (unpaired) electrons. The van der Waals surface area contributed by atoms with Gasteiger partial charge in [-0.25, -0.2) is 0 Å². The maximum atomic E-state index is 12.5. The van der Waals surface area contributed by atoms with Crippen molar-refractivity contribution in [3.8, 4) is 11.4 Å². The summed E-state index contributed by atoms with van der Waals surface area (Å²) in [5, 5.41) is 23.2. The number of rotatable bonds is 9. The Labute approximate surface area is 210 Å². The molecule has 35 heavy (non-hydrogen) atoms. The van der Waals surface area contributed by atoms with Gasteiger partial charge in [-0.05, 0) is 43.3 Å². The summed E-state index contributed by atoms with van der Waals surface area (Å²) in [6.07, 6.45) is -0.481. The molecule has 1 amide bonds.